The monoisotopic (exact) mass is 268 g/mol. The van der Waals surface area contributed by atoms with Gasteiger partial charge in [0.25, 0.3) is 5.56 Å². The van der Waals surface area contributed by atoms with Gasteiger partial charge in [0.2, 0.25) is 0 Å². The lowest BCUT2D eigenvalue weighted by atomic mass is 9.89. The van der Waals surface area contributed by atoms with Crippen LogP contribution in [-0.2, 0) is 6.54 Å². The molecule has 0 aliphatic heterocycles. The highest BCUT2D eigenvalue weighted by atomic mass is 35.5. The van der Waals surface area contributed by atoms with Crippen LogP contribution in [0.2, 0.25) is 0 Å². The second-order valence-corrected chi connectivity index (χ2v) is 5.67. The molecule has 4 heteroatoms. The van der Waals surface area contributed by atoms with E-state index in [-0.39, 0.29) is 5.56 Å². The Hall–Kier alpha value is -0.800. The van der Waals surface area contributed by atoms with Crippen molar-refractivity contribution in [2.75, 3.05) is 13.1 Å². The molecule has 1 fully saturated rings. The average Bonchev–Trinajstić information content (AvgIpc) is 2.39. The first-order valence-electron chi connectivity index (χ1n) is 6.76. The maximum Gasteiger partial charge on any atom is 0.250 e. The summed E-state index contributed by atoms with van der Waals surface area (Å²) in [6.45, 7) is 2.64. The summed E-state index contributed by atoms with van der Waals surface area (Å²) >= 11 is 6.08. The van der Waals surface area contributed by atoms with Crippen molar-refractivity contribution in [3.05, 3.63) is 34.7 Å². The van der Waals surface area contributed by atoms with Crippen molar-refractivity contribution in [3.8, 4) is 0 Å². The molecular weight excluding hydrogens is 248 g/mol. The minimum absolute atomic E-state index is 0.0712. The van der Waals surface area contributed by atoms with Crippen LogP contribution in [0.25, 0.3) is 0 Å². The van der Waals surface area contributed by atoms with Gasteiger partial charge in [-0.1, -0.05) is 6.07 Å². The summed E-state index contributed by atoms with van der Waals surface area (Å²) < 4.78 is 1.74. The van der Waals surface area contributed by atoms with Gasteiger partial charge >= 0.3 is 0 Å². The number of halogens is 1. The standard InChI is InChI=1S/C14H21ClN2O/c15-13-6-4-12(5-7-13)11-16-8-10-17-9-2-1-3-14(17)18/h1-3,9,12-13,16H,4-8,10-11H2. The van der Waals surface area contributed by atoms with Crippen LogP contribution in [0.4, 0.5) is 0 Å². The SMILES string of the molecule is O=c1ccccn1CCNCC1CCC(Cl)CC1. The minimum atomic E-state index is 0.0712. The molecular formula is C14H21ClN2O. The van der Waals surface area contributed by atoms with Crippen molar-refractivity contribution in [3.63, 3.8) is 0 Å². The van der Waals surface area contributed by atoms with E-state index in [0.29, 0.717) is 5.38 Å². The predicted octanol–water partition coefficient (Wildman–Crippen LogP) is 2.24. The highest BCUT2D eigenvalue weighted by Gasteiger charge is 2.18. The topological polar surface area (TPSA) is 34.0 Å². The molecule has 100 valence electrons. The number of nitrogens with one attached hydrogen (secondary N) is 1. The van der Waals surface area contributed by atoms with Crippen LogP contribution in [0.1, 0.15) is 25.7 Å². The highest BCUT2D eigenvalue weighted by Crippen LogP contribution is 2.26. The molecule has 0 unspecified atom stereocenters. The molecule has 0 spiro atoms. The van der Waals surface area contributed by atoms with E-state index in [2.05, 4.69) is 5.32 Å². The number of rotatable bonds is 5. The normalized spacial score (nSPS) is 24.1. The number of pyridine rings is 1. The van der Waals surface area contributed by atoms with E-state index in [1.165, 1.54) is 12.8 Å². The minimum Gasteiger partial charge on any atom is -0.315 e. The number of alkyl halides is 1. The molecule has 0 amide bonds. The second kappa shape index (κ2) is 6.95. The maximum atomic E-state index is 11.5. The first-order valence-corrected chi connectivity index (χ1v) is 7.19. The smallest absolute Gasteiger partial charge is 0.250 e. The fourth-order valence-corrected chi connectivity index (χ4v) is 2.73. The predicted molar refractivity (Wildman–Crippen MR) is 75.2 cm³/mol. The summed E-state index contributed by atoms with van der Waals surface area (Å²) in [6, 6.07) is 5.27. The third kappa shape index (κ3) is 4.14. The Morgan fingerprint density at radius 1 is 1.28 bits per heavy atom. The molecule has 1 aliphatic rings. The van der Waals surface area contributed by atoms with E-state index in [9.17, 15) is 4.79 Å². The molecule has 3 nitrogen and oxygen atoms in total. The highest BCUT2D eigenvalue weighted by molar-refractivity contribution is 6.20. The Labute approximate surface area is 113 Å². The molecule has 1 aliphatic carbocycles. The molecule has 1 saturated carbocycles. The lowest BCUT2D eigenvalue weighted by Crippen LogP contribution is -2.31. The van der Waals surface area contributed by atoms with E-state index in [4.69, 9.17) is 11.6 Å². The van der Waals surface area contributed by atoms with Crippen molar-refractivity contribution in [2.45, 2.75) is 37.6 Å². The lowest BCUT2D eigenvalue weighted by Gasteiger charge is -2.25. The summed E-state index contributed by atoms with van der Waals surface area (Å²) in [5.74, 6) is 0.757. The zero-order valence-corrected chi connectivity index (χ0v) is 11.4. The Morgan fingerprint density at radius 3 is 2.78 bits per heavy atom. The first kappa shape index (κ1) is 13.6. The third-order valence-electron chi connectivity index (χ3n) is 3.64. The van der Waals surface area contributed by atoms with Crippen molar-refractivity contribution >= 4 is 11.6 Å². The lowest BCUT2D eigenvalue weighted by molar-refractivity contribution is 0.344. The molecule has 2 rings (SSSR count). The Bertz CT molecular complexity index is 410. The fourth-order valence-electron chi connectivity index (χ4n) is 2.48. The van der Waals surface area contributed by atoms with Gasteiger partial charge in [-0.25, -0.2) is 0 Å². The van der Waals surface area contributed by atoms with Gasteiger partial charge in [-0.3, -0.25) is 4.79 Å². The van der Waals surface area contributed by atoms with Crippen molar-refractivity contribution in [1.82, 2.24) is 9.88 Å². The first-order chi connectivity index (χ1) is 8.75. The molecule has 18 heavy (non-hydrogen) atoms. The molecule has 1 aromatic heterocycles. The van der Waals surface area contributed by atoms with Gasteiger partial charge in [-0.2, -0.15) is 0 Å². The number of aromatic nitrogens is 1. The summed E-state index contributed by atoms with van der Waals surface area (Å²) in [5.41, 5.74) is 0.0712. The molecule has 0 bridgehead atoms. The molecule has 1 heterocycles. The van der Waals surface area contributed by atoms with Crippen molar-refractivity contribution < 1.29 is 0 Å². The molecule has 0 saturated heterocycles. The van der Waals surface area contributed by atoms with Gasteiger partial charge in [-0.05, 0) is 44.2 Å². The van der Waals surface area contributed by atoms with E-state index in [1.807, 2.05) is 12.3 Å². The molecule has 0 atom stereocenters. The molecule has 1 N–H and O–H groups in total. The van der Waals surface area contributed by atoms with Gasteiger partial charge < -0.3 is 9.88 Å². The Morgan fingerprint density at radius 2 is 2.06 bits per heavy atom. The van der Waals surface area contributed by atoms with Crippen molar-refractivity contribution in [2.24, 2.45) is 5.92 Å². The van der Waals surface area contributed by atoms with Crippen LogP contribution in [-0.4, -0.2) is 23.0 Å². The van der Waals surface area contributed by atoms with Crippen LogP contribution in [0.15, 0.2) is 29.2 Å². The van der Waals surface area contributed by atoms with Crippen LogP contribution >= 0.6 is 11.6 Å². The fraction of sp³-hybridized carbons (Fsp3) is 0.643. The largest absolute Gasteiger partial charge is 0.315 e. The van der Waals surface area contributed by atoms with E-state index >= 15 is 0 Å². The van der Waals surface area contributed by atoms with E-state index in [1.54, 1.807) is 16.7 Å². The Kier molecular flexibility index (Phi) is 5.26. The van der Waals surface area contributed by atoms with E-state index in [0.717, 1.165) is 38.4 Å². The molecule has 0 radical (unpaired) electrons. The average molecular weight is 269 g/mol. The van der Waals surface area contributed by atoms with E-state index < -0.39 is 0 Å². The number of nitrogens with zero attached hydrogens (tertiary/aromatic N) is 1. The van der Waals surface area contributed by atoms with Crippen LogP contribution < -0.4 is 10.9 Å². The second-order valence-electron chi connectivity index (χ2n) is 5.05. The van der Waals surface area contributed by atoms with Gasteiger partial charge in [0.05, 0.1) is 0 Å². The number of hydrogen-bond donors (Lipinski definition) is 1. The summed E-state index contributed by atoms with van der Waals surface area (Å²) in [4.78, 5) is 11.5. The van der Waals surface area contributed by atoms with Crippen LogP contribution in [0.3, 0.4) is 0 Å². The molecule has 0 aromatic carbocycles. The van der Waals surface area contributed by atoms with Gasteiger partial charge in [0.1, 0.15) is 0 Å². The zero-order valence-electron chi connectivity index (χ0n) is 10.6. The number of hydrogen-bond acceptors (Lipinski definition) is 2. The quantitative estimate of drug-likeness (QED) is 0.656. The maximum absolute atomic E-state index is 11.5. The van der Waals surface area contributed by atoms with Gasteiger partial charge in [0.15, 0.2) is 0 Å². The van der Waals surface area contributed by atoms with Crippen LogP contribution in [0.5, 0.6) is 0 Å². The van der Waals surface area contributed by atoms with Crippen LogP contribution in [0, 0.1) is 5.92 Å². The van der Waals surface area contributed by atoms with Gasteiger partial charge in [-0.15, -0.1) is 11.6 Å². The Balaban J connectivity index is 1.64. The summed E-state index contributed by atoms with van der Waals surface area (Å²) in [6.07, 6.45) is 6.58. The van der Waals surface area contributed by atoms with Gasteiger partial charge in [0, 0.05) is 30.7 Å². The zero-order chi connectivity index (χ0) is 12.8. The summed E-state index contributed by atoms with van der Waals surface area (Å²) in [5, 5.41) is 3.84. The molecule has 1 aromatic rings. The third-order valence-corrected chi connectivity index (χ3v) is 4.07. The van der Waals surface area contributed by atoms with Crippen molar-refractivity contribution in [1.29, 1.82) is 0 Å². The summed E-state index contributed by atoms with van der Waals surface area (Å²) in [7, 11) is 0.